The van der Waals surface area contributed by atoms with Crippen LogP contribution in [0.5, 0.6) is 0 Å². The fraction of sp³-hybridized carbons (Fsp3) is 0.571. The number of ether oxygens (including phenoxy) is 1. The molecule has 0 aliphatic carbocycles. The highest BCUT2D eigenvalue weighted by molar-refractivity contribution is 5.10. The molecule has 0 radical (unpaired) electrons. The molecule has 0 saturated heterocycles. The van der Waals surface area contributed by atoms with E-state index in [4.69, 9.17) is 4.74 Å². The van der Waals surface area contributed by atoms with Gasteiger partial charge in [-0.25, -0.2) is 0 Å². The summed E-state index contributed by atoms with van der Waals surface area (Å²) in [5.41, 5.74) is -1.02. The predicted molar refractivity (Wildman–Crippen MR) is 132 cm³/mol. The average molecular weight is 399 g/mol. The molecule has 0 unspecified atom stereocenters. The van der Waals surface area contributed by atoms with E-state index in [-0.39, 0.29) is 10.8 Å². The molecule has 29 heavy (non-hydrogen) atoms. The third kappa shape index (κ3) is 6.71. The smallest absolute Gasteiger partial charge is 0.0809 e. The highest BCUT2D eigenvalue weighted by atomic mass is 16.5. The number of rotatable bonds is 18. The Kier molecular flexibility index (Phi) is 11.5. The van der Waals surface area contributed by atoms with E-state index in [1.165, 1.54) is 0 Å². The third-order valence-corrected chi connectivity index (χ3v) is 6.70. The zero-order valence-electron chi connectivity index (χ0n) is 19.8. The Bertz CT molecular complexity index is 491. The number of hydrogen-bond acceptors (Lipinski definition) is 1. The monoisotopic (exact) mass is 398 g/mol. The zero-order chi connectivity index (χ0) is 22.6. The molecule has 1 heteroatoms. The van der Waals surface area contributed by atoms with Gasteiger partial charge in [0.1, 0.15) is 0 Å². The van der Waals surface area contributed by atoms with Gasteiger partial charge in [-0.3, -0.25) is 0 Å². The van der Waals surface area contributed by atoms with E-state index in [1.54, 1.807) is 0 Å². The summed E-state index contributed by atoms with van der Waals surface area (Å²) >= 11 is 0. The molecule has 0 spiro atoms. The quantitative estimate of drug-likeness (QED) is 0.210. The molecule has 0 aromatic carbocycles. The lowest BCUT2D eigenvalue weighted by atomic mass is 9.64. The van der Waals surface area contributed by atoms with Crippen molar-refractivity contribution in [1.29, 1.82) is 0 Å². The van der Waals surface area contributed by atoms with Crippen LogP contribution in [0.25, 0.3) is 0 Å². The first kappa shape index (κ1) is 27.4. The Hall–Kier alpha value is -1.60. The van der Waals surface area contributed by atoms with Gasteiger partial charge < -0.3 is 4.74 Å². The summed E-state index contributed by atoms with van der Waals surface area (Å²) in [7, 11) is 0. The molecule has 0 saturated carbocycles. The number of hydrogen-bond donors (Lipinski definition) is 0. The SMILES string of the molecule is C=CCCC(C)(C)C(CC=C)(CC=C)OC(CC=C)(CC=C)C(C)(C)CCC=C. The van der Waals surface area contributed by atoms with Gasteiger partial charge in [0.25, 0.3) is 0 Å². The molecular weight excluding hydrogens is 352 g/mol. The molecule has 0 amide bonds. The van der Waals surface area contributed by atoms with E-state index in [9.17, 15) is 0 Å². The second-order valence-electron chi connectivity index (χ2n) is 9.48. The third-order valence-electron chi connectivity index (χ3n) is 6.70. The second-order valence-corrected chi connectivity index (χ2v) is 9.48. The molecule has 0 N–H and O–H groups in total. The van der Waals surface area contributed by atoms with Crippen molar-refractivity contribution in [2.45, 2.75) is 90.3 Å². The second kappa shape index (κ2) is 12.2. The molecular formula is C28H46O. The van der Waals surface area contributed by atoms with E-state index in [0.29, 0.717) is 0 Å². The maximum atomic E-state index is 7.36. The lowest BCUT2D eigenvalue weighted by Crippen LogP contribution is -2.57. The molecule has 0 aliphatic heterocycles. The van der Waals surface area contributed by atoms with Gasteiger partial charge in [0.2, 0.25) is 0 Å². The Morgan fingerprint density at radius 2 is 0.793 bits per heavy atom. The van der Waals surface area contributed by atoms with Crippen LogP contribution in [0, 0.1) is 10.8 Å². The molecule has 0 aromatic heterocycles. The van der Waals surface area contributed by atoms with E-state index >= 15 is 0 Å². The fourth-order valence-corrected chi connectivity index (χ4v) is 4.40. The van der Waals surface area contributed by atoms with Crippen molar-refractivity contribution < 1.29 is 4.74 Å². The summed E-state index contributed by atoms with van der Waals surface area (Å²) < 4.78 is 7.36. The Labute approximate surface area is 182 Å². The molecule has 164 valence electrons. The maximum absolute atomic E-state index is 7.36. The minimum atomic E-state index is -0.420. The van der Waals surface area contributed by atoms with Crippen LogP contribution in [0.1, 0.15) is 79.1 Å². The predicted octanol–water partition coefficient (Wildman–Crippen LogP) is 8.77. The van der Waals surface area contributed by atoms with Crippen molar-refractivity contribution in [3.8, 4) is 0 Å². The van der Waals surface area contributed by atoms with Gasteiger partial charge in [-0.05, 0) is 62.2 Å². The van der Waals surface area contributed by atoms with Crippen molar-refractivity contribution in [3.63, 3.8) is 0 Å². The summed E-state index contributed by atoms with van der Waals surface area (Å²) in [6.45, 7) is 33.3. The van der Waals surface area contributed by atoms with Crippen molar-refractivity contribution in [3.05, 3.63) is 75.9 Å². The maximum Gasteiger partial charge on any atom is 0.0809 e. The molecule has 1 nitrogen and oxygen atoms in total. The Balaban J connectivity index is 6.60. The van der Waals surface area contributed by atoms with Crippen molar-refractivity contribution in [1.82, 2.24) is 0 Å². The molecule has 0 fully saturated rings. The van der Waals surface area contributed by atoms with Crippen LogP contribution in [0.15, 0.2) is 75.9 Å². The molecule has 0 rings (SSSR count). The number of allylic oxidation sites excluding steroid dienone is 2. The van der Waals surface area contributed by atoms with Gasteiger partial charge >= 0.3 is 0 Å². The summed E-state index contributed by atoms with van der Waals surface area (Å²) in [6, 6.07) is 0. The first-order chi connectivity index (χ1) is 13.6. The van der Waals surface area contributed by atoms with Crippen molar-refractivity contribution >= 4 is 0 Å². The molecule has 0 aliphatic rings. The summed E-state index contributed by atoms with van der Waals surface area (Å²) in [4.78, 5) is 0. The normalized spacial score (nSPS) is 12.8. The Morgan fingerprint density at radius 1 is 0.517 bits per heavy atom. The molecule has 0 heterocycles. The van der Waals surface area contributed by atoms with Crippen molar-refractivity contribution in [2.75, 3.05) is 0 Å². The summed E-state index contributed by atoms with van der Waals surface area (Å²) in [6.07, 6.45) is 18.8. The van der Waals surface area contributed by atoms with Crippen LogP contribution in [-0.4, -0.2) is 11.2 Å². The highest BCUT2D eigenvalue weighted by Crippen LogP contribution is 2.53. The van der Waals surface area contributed by atoms with Gasteiger partial charge in [0.05, 0.1) is 11.2 Å². The average Bonchev–Trinajstić information content (AvgIpc) is 2.65. The van der Waals surface area contributed by atoms with Crippen LogP contribution < -0.4 is 0 Å². The van der Waals surface area contributed by atoms with Crippen LogP contribution >= 0.6 is 0 Å². The molecule has 0 aromatic rings. The van der Waals surface area contributed by atoms with Gasteiger partial charge in [-0.2, -0.15) is 0 Å². The minimum absolute atomic E-state index is 0.0916. The van der Waals surface area contributed by atoms with E-state index in [2.05, 4.69) is 67.2 Å². The van der Waals surface area contributed by atoms with Gasteiger partial charge in [0, 0.05) is 0 Å². The van der Waals surface area contributed by atoms with Crippen LogP contribution in [0.2, 0.25) is 0 Å². The van der Waals surface area contributed by atoms with Gasteiger partial charge in [-0.1, -0.05) is 64.2 Å². The Morgan fingerprint density at radius 3 is 1.00 bits per heavy atom. The standard InChI is InChI=1S/C28H46O/c1-11-17-23-25(7,8)27(19-13-3,20-14-4)29-28(21-15-5,22-16-6)26(9,10)24-18-12-2/h11-16H,1-6,17-24H2,7-10H3. The first-order valence-electron chi connectivity index (χ1n) is 10.9. The summed E-state index contributed by atoms with van der Waals surface area (Å²) in [5, 5.41) is 0. The summed E-state index contributed by atoms with van der Waals surface area (Å²) in [5.74, 6) is 0. The van der Waals surface area contributed by atoms with E-state index < -0.39 is 11.2 Å². The first-order valence-corrected chi connectivity index (χ1v) is 10.9. The minimum Gasteiger partial charge on any atom is -0.366 e. The largest absolute Gasteiger partial charge is 0.366 e. The zero-order valence-corrected chi connectivity index (χ0v) is 19.8. The van der Waals surface area contributed by atoms with Gasteiger partial charge in [0.15, 0.2) is 0 Å². The van der Waals surface area contributed by atoms with E-state index in [0.717, 1.165) is 51.4 Å². The van der Waals surface area contributed by atoms with Crippen LogP contribution in [0.3, 0.4) is 0 Å². The fourth-order valence-electron chi connectivity index (χ4n) is 4.40. The lowest BCUT2D eigenvalue weighted by molar-refractivity contribution is -0.241. The van der Waals surface area contributed by atoms with Gasteiger partial charge in [-0.15, -0.1) is 39.5 Å². The van der Waals surface area contributed by atoms with Crippen LogP contribution in [0.4, 0.5) is 0 Å². The van der Waals surface area contributed by atoms with E-state index in [1.807, 2.05) is 36.5 Å². The lowest BCUT2D eigenvalue weighted by Gasteiger charge is -2.56. The molecule has 0 bridgehead atoms. The molecule has 0 atom stereocenters. The topological polar surface area (TPSA) is 9.23 Å². The highest BCUT2D eigenvalue weighted by Gasteiger charge is 2.53. The van der Waals surface area contributed by atoms with Crippen LogP contribution in [-0.2, 0) is 4.74 Å². The van der Waals surface area contributed by atoms with Crippen molar-refractivity contribution in [2.24, 2.45) is 10.8 Å².